The summed E-state index contributed by atoms with van der Waals surface area (Å²) in [5.74, 6) is 0.0566. The van der Waals surface area contributed by atoms with Gasteiger partial charge in [0.1, 0.15) is 11.5 Å². The van der Waals surface area contributed by atoms with Crippen LogP contribution in [0.4, 0.5) is 15.8 Å². The molecule has 0 unspecified atom stereocenters. The summed E-state index contributed by atoms with van der Waals surface area (Å²) in [6.45, 7) is 2.34. The van der Waals surface area contributed by atoms with Gasteiger partial charge >= 0.3 is 0 Å². The fourth-order valence-electron chi connectivity index (χ4n) is 2.55. The van der Waals surface area contributed by atoms with Crippen molar-refractivity contribution in [3.8, 4) is 0 Å². The van der Waals surface area contributed by atoms with Gasteiger partial charge in [-0.1, -0.05) is 6.92 Å². The summed E-state index contributed by atoms with van der Waals surface area (Å²) in [5, 5.41) is 24.1. The van der Waals surface area contributed by atoms with Crippen LogP contribution in [0.2, 0.25) is 0 Å². The molecule has 1 aliphatic carbocycles. The van der Waals surface area contributed by atoms with Gasteiger partial charge in [-0.05, 0) is 37.7 Å². The summed E-state index contributed by atoms with van der Waals surface area (Å²) in [4.78, 5) is 10.3. The second-order valence-corrected chi connectivity index (χ2v) is 5.68. The monoisotopic (exact) mass is 282 g/mol. The third-order valence-electron chi connectivity index (χ3n) is 3.97. The lowest BCUT2D eigenvalue weighted by atomic mass is 9.79. The number of benzene rings is 1. The second kappa shape index (κ2) is 5.75. The Bertz CT molecular complexity index is 499. The molecule has 0 radical (unpaired) electrons. The minimum absolute atomic E-state index is 0.113. The predicted molar refractivity (Wildman–Crippen MR) is 74.1 cm³/mol. The number of nitrogens with one attached hydrogen (secondary N) is 1. The molecule has 2 N–H and O–H groups in total. The van der Waals surface area contributed by atoms with E-state index < -0.39 is 16.3 Å². The SMILES string of the molecule is CC1CCC(O)(CNc2cc(F)ccc2[N+](=O)[O-])CC1. The molecule has 2 rings (SSSR count). The first-order chi connectivity index (χ1) is 9.39. The molecule has 6 heteroatoms. The van der Waals surface area contributed by atoms with E-state index in [9.17, 15) is 19.6 Å². The Morgan fingerprint density at radius 1 is 1.50 bits per heavy atom. The van der Waals surface area contributed by atoms with Gasteiger partial charge in [0.05, 0.1) is 10.5 Å². The maximum atomic E-state index is 13.2. The molecule has 1 saturated carbocycles. The van der Waals surface area contributed by atoms with E-state index in [0.717, 1.165) is 31.0 Å². The molecule has 0 spiro atoms. The van der Waals surface area contributed by atoms with Crippen molar-refractivity contribution in [2.75, 3.05) is 11.9 Å². The number of hydrogen-bond donors (Lipinski definition) is 2. The molecular weight excluding hydrogens is 263 g/mol. The molecule has 0 atom stereocenters. The van der Waals surface area contributed by atoms with E-state index in [1.807, 2.05) is 0 Å². The van der Waals surface area contributed by atoms with Gasteiger partial charge in [0.15, 0.2) is 0 Å². The average Bonchev–Trinajstić information content (AvgIpc) is 2.40. The number of hydrogen-bond acceptors (Lipinski definition) is 4. The van der Waals surface area contributed by atoms with Crippen molar-refractivity contribution < 1.29 is 14.4 Å². The van der Waals surface area contributed by atoms with Crippen molar-refractivity contribution in [3.63, 3.8) is 0 Å². The van der Waals surface area contributed by atoms with E-state index in [0.29, 0.717) is 18.8 Å². The highest BCUT2D eigenvalue weighted by atomic mass is 19.1. The Hall–Kier alpha value is -1.69. The van der Waals surface area contributed by atoms with Crippen LogP contribution >= 0.6 is 0 Å². The van der Waals surface area contributed by atoms with Crippen LogP contribution in [0.3, 0.4) is 0 Å². The number of nitro groups is 1. The first kappa shape index (κ1) is 14.7. The van der Waals surface area contributed by atoms with Crippen LogP contribution in [-0.2, 0) is 0 Å². The quantitative estimate of drug-likeness (QED) is 0.657. The summed E-state index contributed by atoms with van der Waals surface area (Å²) in [6.07, 6.45) is 3.18. The van der Waals surface area contributed by atoms with Crippen molar-refractivity contribution >= 4 is 11.4 Å². The maximum absolute atomic E-state index is 13.2. The Kier molecular flexibility index (Phi) is 4.23. The first-order valence-electron chi connectivity index (χ1n) is 6.80. The van der Waals surface area contributed by atoms with Crippen LogP contribution < -0.4 is 5.32 Å². The number of nitrogens with zero attached hydrogens (tertiary/aromatic N) is 1. The third kappa shape index (κ3) is 3.45. The summed E-state index contributed by atoms with van der Waals surface area (Å²) in [7, 11) is 0. The summed E-state index contributed by atoms with van der Waals surface area (Å²) < 4.78 is 13.2. The van der Waals surface area contributed by atoms with Crippen LogP contribution in [-0.4, -0.2) is 22.2 Å². The van der Waals surface area contributed by atoms with Crippen LogP contribution in [0.25, 0.3) is 0 Å². The van der Waals surface area contributed by atoms with E-state index in [1.54, 1.807) is 0 Å². The number of rotatable bonds is 4. The van der Waals surface area contributed by atoms with Crippen LogP contribution in [0, 0.1) is 21.8 Å². The smallest absolute Gasteiger partial charge is 0.292 e. The zero-order valence-electron chi connectivity index (χ0n) is 11.4. The Morgan fingerprint density at radius 2 is 2.15 bits per heavy atom. The van der Waals surface area contributed by atoms with Crippen LogP contribution in [0.1, 0.15) is 32.6 Å². The fourth-order valence-corrected chi connectivity index (χ4v) is 2.55. The molecule has 20 heavy (non-hydrogen) atoms. The summed E-state index contributed by atoms with van der Waals surface area (Å²) in [6, 6.07) is 3.28. The van der Waals surface area contributed by atoms with E-state index >= 15 is 0 Å². The molecule has 5 nitrogen and oxygen atoms in total. The van der Waals surface area contributed by atoms with Gasteiger partial charge in [0.25, 0.3) is 5.69 Å². The largest absolute Gasteiger partial charge is 0.388 e. The van der Waals surface area contributed by atoms with Crippen LogP contribution in [0.5, 0.6) is 0 Å². The molecule has 0 aromatic heterocycles. The van der Waals surface area contributed by atoms with Crippen LogP contribution in [0.15, 0.2) is 18.2 Å². The lowest BCUT2D eigenvalue weighted by Gasteiger charge is -2.35. The number of anilines is 1. The highest BCUT2D eigenvalue weighted by molar-refractivity contribution is 5.61. The number of aliphatic hydroxyl groups is 1. The lowest BCUT2D eigenvalue weighted by Crippen LogP contribution is -2.40. The molecule has 0 heterocycles. The molecule has 1 aromatic rings. The summed E-state index contributed by atoms with van der Waals surface area (Å²) in [5.41, 5.74) is -0.937. The van der Waals surface area contributed by atoms with Gasteiger partial charge in [0, 0.05) is 18.7 Å². The van der Waals surface area contributed by atoms with Gasteiger partial charge in [-0.2, -0.15) is 0 Å². The minimum atomic E-state index is -0.868. The molecule has 110 valence electrons. The zero-order chi connectivity index (χ0) is 14.8. The molecule has 1 aromatic carbocycles. The standard InChI is InChI=1S/C14H19FN2O3/c1-10-4-6-14(18,7-5-10)9-16-12-8-11(15)2-3-13(12)17(19)20/h2-3,8,10,16,18H,4-7,9H2,1H3. The van der Waals surface area contributed by atoms with Gasteiger partial charge in [-0.15, -0.1) is 0 Å². The van der Waals surface area contributed by atoms with Gasteiger partial charge in [-0.25, -0.2) is 4.39 Å². The van der Waals surface area contributed by atoms with Gasteiger partial charge in [-0.3, -0.25) is 10.1 Å². The van der Waals surface area contributed by atoms with E-state index in [2.05, 4.69) is 12.2 Å². The molecule has 0 bridgehead atoms. The Balaban J connectivity index is 2.07. The summed E-state index contributed by atoms with van der Waals surface area (Å²) >= 11 is 0. The first-order valence-corrected chi connectivity index (χ1v) is 6.80. The minimum Gasteiger partial charge on any atom is -0.388 e. The van der Waals surface area contributed by atoms with Gasteiger partial charge in [0.2, 0.25) is 0 Å². The Labute approximate surface area is 117 Å². The maximum Gasteiger partial charge on any atom is 0.292 e. The predicted octanol–water partition coefficient (Wildman–Crippen LogP) is 3.09. The number of halogens is 1. The van der Waals surface area contributed by atoms with Crippen molar-refractivity contribution in [2.45, 2.75) is 38.2 Å². The van der Waals surface area contributed by atoms with Crippen molar-refractivity contribution in [1.29, 1.82) is 0 Å². The van der Waals surface area contributed by atoms with E-state index in [1.165, 1.54) is 0 Å². The van der Waals surface area contributed by atoms with Gasteiger partial charge < -0.3 is 10.4 Å². The van der Waals surface area contributed by atoms with E-state index in [4.69, 9.17) is 0 Å². The van der Waals surface area contributed by atoms with E-state index in [-0.39, 0.29) is 17.9 Å². The zero-order valence-corrected chi connectivity index (χ0v) is 11.4. The van der Waals surface area contributed by atoms with Crippen molar-refractivity contribution in [2.24, 2.45) is 5.92 Å². The topological polar surface area (TPSA) is 75.4 Å². The average molecular weight is 282 g/mol. The molecular formula is C14H19FN2O3. The highest BCUT2D eigenvalue weighted by Crippen LogP contribution is 2.33. The fraction of sp³-hybridized carbons (Fsp3) is 0.571. The van der Waals surface area contributed by atoms with Crippen molar-refractivity contribution in [3.05, 3.63) is 34.1 Å². The molecule has 0 amide bonds. The number of nitro benzene ring substituents is 1. The molecule has 0 aliphatic heterocycles. The second-order valence-electron chi connectivity index (χ2n) is 5.68. The Morgan fingerprint density at radius 3 is 2.75 bits per heavy atom. The third-order valence-corrected chi connectivity index (χ3v) is 3.97. The normalized spacial score (nSPS) is 26.2. The molecule has 1 aliphatic rings. The van der Waals surface area contributed by atoms with Crippen molar-refractivity contribution in [1.82, 2.24) is 0 Å². The lowest BCUT2D eigenvalue weighted by molar-refractivity contribution is -0.384. The molecule has 0 saturated heterocycles. The molecule has 1 fully saturated rings. The highest BCUT2D eigenvalue weighted by Gasteiger charge is 2.32.